The number of benzene rings is 2. The minimum Gasteiger partial charge on any atom is -0.444 e. The molecular formula is C20H18F2N4O3. The predicted octanol–water partition coefficient (Wildman–Crippen LogP) is 3.02. The predicted molar refractivity (Wildman–Crippen MR) is 101 cm³/mol. The van der Waals surface area contributed by atoms with Gasteiger partial charge in [0.25, 0.3) is 5.91 Å². The van der Waals surface area contributed by atoms with Crippen LogP contribution in [0.25, 0.3) is 11.5 Å². The van der Waals surface area contributed by atoms with Crippen molar-refractivity contribution in [2.24, 2.45) is 0 Å². The zero-order valence-corrected chi connectivity index (χ0v) is 15.4. The first-order valence-electron chi connectivity index (χ1n) is 8.70. The van der Waals surface area contributed by atoms with E-state index in [1.807, 2.05) is 6.07 Å². The van der Waals surface area contributed by atoms with Crippen LogP contribution in [0.5, 0.6) is 0 Å². The summed E-state index contributed by atoms with van der Waals surface area (Å²) in [5.41, 5.74) is 0.688. The van der Waals surface area contributed by atoms with Crippen LogP contribution in [-0.2, 0) is 0 Å². The summed E-state index contributed by atoms with van der Waals surface area (Å²) in [5, 5.41) is 7.44. The van der Waals surface area contributed by atoms with E-state index in [1.165, 1.54) is 19.4 Å². The molecule has 3 amide bonds. The molecule has 0 aliphatic rings. The number of rotatable bonds is 6. The summed E-state index contributed by atoms with van der Waals surface area (Å²) in [6, 6.07) is 10.5. The van der Waals surface area contributed by atoms with Crippen LogP contribution in [-0.4, -0.2) is 30.5 Å². The standard InChI is InChI=1S/C20H18F2N4O3/c1-23-20(28)24-10-16(14-8-7-13(21)9-15(14)22)25-18(27)17-11-29-19(26-17)12-5-3-2-4-6-12/h2-9,11,16H,10H2,1H3,(H,25,27)(H2,23,24,28). The first-order chi connectivity index (χ1) is 14.0. The molecule has 0 bridgehead atoms. The van der Waals surface area contributed by atoms with Gasteiger partial charge in [0.05, 0.1) is 6.04 Å². The Bertz CT molecular complexity index is 1010. The average molecular weight is 400 g/mol. The Morgan fingerprint density at radius 3 is 2.59 bits per heavy atom. The molecule has 1 heterocycles. The molecule has 0 spiro atoms. The Labute approximate surface area is 165 Å². The number of carbonyl (C=O) groups is 2. The van der Waals surface area contributed by atoms with Gasteiger partial charge in [-0.3, -0.25) is 4.79 Å². The van der Waals surface area contributed by atoms with Gasteiger partial charge >= 0.3 is 6.03 Å². The average Bonchev–Trinajstić information content (AvgIpc) is 3.22. The molecule has 0 aliphatic carbocycles. The van der Waals surface area contributed by atoms with Gasteiger partial charge in [-0.05, 0) is 18.2 Å². The summed E-state index contributed by atoms with van der Waals surface area (Å²) in [6.07, 6.45) is 1.18. The van der Waals surface area contributed by atoms with Crippen molar-refractivity contribution in [3.8, 4) is 11.5 Å². The fourth-order valence-electron chi connectivity index (χ4n) is 2.63. The van der Waals surface area contributed by atoms with Crippen molar-refractivity contribution in [3.63, 3.8) is 0 Å². The van der Waals surface area contributed by atoms with E-state index in [0.29, 0.717) is 11.6 Å². The van der Waals surface area contributed by atoms with Crippen LogP contribution < -0.4 is 16.0 Å². The van der Waals surface area contributed by atoms with E-state index < -0.39 is 29.6 Å². The third kappa shape index (κ3) is 4.95. The molecule has 3 N–H and O–H groups in total. The smallest absolute Gasteiger partial charge is 0.314 e. The van der Waals surface area contributed by atoms with Gasteiger partial charge in [0, 0.05) is 30.8 Å². The third-order valence-electron chi connectivity index (χ3n) is 4.09. The number of oxazole rings is 1. The second kappa shape index (κ2) is 8.96. The van der Waals surface area contributed by atoms with Gasteiger partial charge in [0.1, 0.15) is 17.9 Å². The van der Waals surface area contributed by atoms with Crippen LogP contribution in [0.4, 0.5) is 13.6 Å². The fraction of sp³-hybridized carbons (Fsp3) is 0.150. The monoisotopic (exact) mass is 400 g/mol. The lowest BCUT2D eigenvalue weighted by Crippen LogP contribution is -2.41. The van der Waals surface area contributed by atoms with Crippen molar-refractivity contribution in [1.29, 1.82) is 0 Å². The summed E-state index contributed by atoms with van der Waals surface area (Å²) < 4.78 is 32.8. The van der Waals surface area contributed by atoms with E-state index in [1.54, 1.807) is 24.3 Å². The van der Waals surface area contributed by atoms with E-state index in [4.69, 9.17) is 4.42 Å². The quantitative estimate of drug-likeness (QED) is 0.593. The molecule has 3 aromatic rings. The van der Waals surface area contributed by atoms with E-state index >= 15 is 0 Å². The van der Waals surface area contributed by atoms with Gasteiger partial charge < -0.3 is 20.4 Å². The van der Waals surface area contributed by atoms with Crippen molar-refractivity contribution in [1.82, 2.24) is 20.9 Å². The molecule has 2 aromatic carbocycles. The van der Waals surface area contributed by atoms with Crippen LogP contribution in [0.2, 0.25) is 0 Å². The van der Waals surface area contributed by atoms with Gasteiger partial charge in [0.15, 0.2) is 5.69 Å². The molecular weight excluding hydrogens is 382 g/mol. The van der Waals surface area contributed by atoms with Crippen molar-refractivity contribution < 1.29 is 22.8 Å². The third-order valence-corrected chi connectivity index (χ3v) is 4.09. The maximum atomic E-state index is 14.2. The highest BCUT2D eigenvalue weighted by Gasteiger charge is 2.22. The first-order valence-corrected chi connectivity index (χ1v) is 8.70. The van der Waals surface area contributed by atoms with E-state index in [2.05, 4.69) is 20.9 Å². The second-order valence-corrected chi connectivity index (χ2v) is 6.06. The number of halogens is 2. The molecule has 0 saturated carbocycles. The molecule has 0 aliphatic heterocycles. The van der Waals surface area contributed by atoms with Gasteiger partial charge in [-0.25, -0.2) is 18.6 Å². The molecule has 0 fully saturated rings. The SMILES string of the molecule is CNC(=O)NCC(NC(=O)c1coc(-c2ccccc2)n1)c1ccc(F)cc1F. The Hall–Kier alpha value is -3.75. The number of carbonyl (C=O) groups excluding carboxylic acids is 2. The van der Waals surface area contributed by atoms with Crippen LogP contribution in [0, 0.1) is 11.6 Å². The highest BCUT2D eigenvalue weighted by molar-refractivity contribution is 5.92. The molecule has 3 rings (SSSR count). The first kappa shape index (κ1) is 20.0. The minimum atomic E-state index is -0.961. The Morgan fingerprint density at radius 2 is 1.90 bits per heavy atom. The van der Waals surface area contributed by atoms with Gasteiger partial charge in [-0.2, -0.15) is 0 Å². The summed E-state index contributed by atoms with van der Waals surface area (Å²) >= 11 is 0. The topological polar surface area (TPSA) is 96.3 Å². The number of urea groups is 1. The molecule has 1 aromatic heterocycles. The molecule has 0 saturated heterocycles. The summed E-state index contributed by atoms with van der Waals surface area (Å²) in [6.45, 7) is -0.128. The van der Waals surface area contributed by atoms with Crippen LogP contribution in [0.3, 0.4) is 0 Å². The highest BCUT2D eigenvalue weighted by atomic mass is 19.1. The van der Waals surface area contributed by atoms with Crippen LogP contribution in [0.1, 0.15) is 22.1 Å². The number of nitrogens with zero attached hydrogens (tertiary/aromatic N) is 1. The Balaban J connectivity index is 1.80. The molecule has 150 valence electrons. The van der Waals surface area contributed by atoms with Gasteiger partial charge in [-0.1, -0.05) is 24.3 Å². The maximum absolute atomic E-state index is 14.2. The normalized spacial score (nSPS) is 11.6. The fourth-order valence-corrected chi connectivity index (χ4v) is 2.63. The molecule has 1 atom stereocenters. The summed E-state index contributed by atoms with van der Waals surface area (Å²) in [7, 11) is 1.42. The molecule has 9 heteroatoms. The molecule has 7 nitrogen and oxygen atoms in total. The maximum Gasteiger partial charge on any atom is 0.314 e. The number of hydrogen-bond acceptors (Lipinski definition) is 4. The van der Waals surface area contributed by atoms with Crippen LogP contribution in [0.15, 0.2) is 59.2 Å². The number of nitrogens with one attached hydrogen (secondary N) is 3. The zero-order chi connectivity index (χ0) is 20.8. The lowest BCUT2D eigenvalue weighted by molar-refractivity contribution is 0.0930. The van der Waals surface area contributed by atoms with Crippen molar-refractivity contribution in [2.75, 3.05) is 13.6 Å². The largest absolute Gasteiger partial charge is 0.444 e. The summed E-state index contributed by atoms with van der Waals surface area (Å²) in [5.74, 6) is -1.98. The summed E-state index contributed by atoms with van der Waals surface area (Å²) in [4.78, 5) is 28.2. The Kier molecular flexibility index (Phi) is 6.18. The lowest BCUT2D eigenvalue weighted by atomic mass is 10.1. The van der Waals surface area contributed by atoms with Crippen molar-refractivity contribution >= 4 is 11.9 Å². The molecule has 0 radical (unpaired) electrons. The number of aromatic nitrogens is 1. The lowest BCUT2D eigenvalue weighted by Gasteiger charge is -2.20. The zero-order valence-electron chi connectivity index (χ0n) is 15.4. The van der Waals surface area contributed by atoms with Gasteiger partial charge in [-0.15, -0.1) is 0 Å². The van der Waals surface area contributed by atoms with Gasteiger partial charge in [0.2, 0.25) is 5.89 Å². The van der Waals surface area contributed by atoms with Crippen LogP contribution >= 0.6 is 0 Å². The number of hydrogen-bond donors (Lipinski definition) is 3. The van der Waals surface area contributed by atoms with Crippen molar-refractivity contribution in [2.45, 2.75) is 6.04 Å². The van der Waals surface area contributed by atoms with E-state index in [0.717, 1.165) is 6.07 Å². The number of amides is 3. The molecule has 29 heavy (non-hydrogen) atoms. The van der Waals surface area contributed by atoms with E-state index in [9.17, 15) is 18.4 Å². The second-order valence-electron chi connectivity index (χ2n) is 6.06. The molecule has 1 unspecified atom stereocenters. The Morgan fingerprint density at radius 1 is 1.14 bits per heavy atom. The van der Waals surface area contributed by atoms with E-state index in [-0.39, 0.29) is 23.7 Å². The minimum absolute atomic E-state index is 0.0166. The van der Waals surface area contributed by atoms with Crippen molar-refractivity contribution in [3.05, 3.63) is 77.7 Å². The highest BCUT2D eigenvalue weighted by Crippen LogP contribution is 2.20.